The summed E-state index contributed by atoms with van der Waals surface area (Å²) in [6.45, 7) is 4.68. The second kappa shape index (κ2) is 2.49. The minimum atomic E-state index is 0.707. The zero-order valence-electron chi connectivity index (χ0n) is 6.43. The lowest BCUT2D eigenvalue weighted by molar-refractivity contribution is 0.377. The van der Waals surface area contributed by atoms with Gasteiger partial charge in [0.05, 0.1) is 0 Å². The van der Waals surface area contributed by atoms with Crippen molar-refractivity contribution < 1.29 is 0 Å². The fraction of sp³-hybridized carbons (Fsp3) is 1.00. The fourth-order valence-corrected chi connectivity index (χ4v) is 1.93. The molecule has 2 aliphatic rings. The van der Waals surface area contributed by atoms with E-state index in [0.29, 0.717) is 12.1 Å². The minimum absolute atomic E-state index is 0.707. The van der Waals surface area contributed by atoms with E-state index in [0.717, 1.165) is 13.1 Å². The number of likely N-dealkylation sites (tertiary alicyclic amines) is 1. The first-order valence-electron chi connectivity index (χ1n) is 4.01. The standard InChI is InChI=1S/C7H15N3/c1-10-4-6-7(5-10)9-3-2-8-6/h6-9H,2-5H2,1H3. The fourth-order valence-electron chi connectivity index (χ4n) is 1.93. The molecule has 0 saturated carbocycles. The molecule has 2 aliphatic heterocycles. The smallest absolute Gasteiger partial charge is 0.0362 e. The molecule has 0 aromatic carbocycles. The lowest BCUT2D eigenvalue weighted by Gasteiger charge is -2.26. The van der Waals surface area contributed by atoms with Gasteiger partial charge in [0, 0.05) is 38.3 Å². The number of likely N-dealkylation sites (N-methyl/N-ethyl adjacent to an activating group) is 1. The molecule has 3 heteroatoms. The highest BCUT2D eigenvalue weighted by Gasteiger charge is 2.31. The molecule has 0 aromatic heterocycles. The van der Waals surface area contributed by atoms with Crippen molar-refractivity contribution in [2.24, 2.45) is 0 Å². The van der Waals surface area contributed by atoms with Gasteiger partial charge >= 0.3 is 0 Å². The summed E-state index contributed by atoms with van der Waals surface area (Å²) in [6, 6.07) is 1.41. The van der Waals surface area contributed by atoms with Gasteiger partial charge in [-0.3, -0.25) is 0 Å². The van der Waals surface area contributed by atoms with Crippen molar-refractivity contribution in [1.82, 2.24) is 15.5 Å². The predicted molar refractivity (Wildman–Crippen MR) is 41.1 cm³/mol. The summed E-state index contributed by atoms with van der Waals surface area (Å²) in [4.78, 5) is 2.38. The van der Waals surface area contributed by atoms with Crippen LogP contribution >= 0.6 is 0 Å². The second-order valence-electron chi connectivity index (χ2n) is 3.34. The van der Waals surface area contributed by atoms with Crippen molar-refractivity contribution in [1.29, 1.82) is 0 Å². The molecule has 2 unspecified atom stereocenters. The second-order valence-corrected chi connectivity index (χ2v) is 3.34. The van der Waals surface area contributed by atoms with Crippen molar-refractivity contribution in [3.8, 4) is 0 Å². The van der Waals surface area contributed by atoms with E-state index in [2.05, 4.69) is 22.6 Å². The molecule has 0 amide bonds. The molecule has 0 radical (unpaired) electrons. The summed E-state index contributed by atoms with van der Waals surface area (Å²) < 4.78 is 0. The maximum atomic E-state index is 3.51. The van der Waals surface area contributed by atoms with Crippen LogP contribution in [0.15, 0.2) is 0 Å². The van der Waals surface area contributed by atoms with Crippen molar-refractivity contribution in [2.75, 3.05) is 33.2 Å². The average Bonchev–Trinajstić information content (AvgIpc) is 2.27. The molecule has 58 valence electrons. The zero-order valence-corrected chi connectivity index (χ0v) is 6.43. The number of nitrogens with zero attached hydrogens (tertiary/aromatic N) is 1. The van der Waals surface area contributed by atoms with Gasteiger partial charge in [0.25, 0.3) is 0 Å². The van der Waals surface area contributed by atoms with E-state index in [-0.39, 0.29) is 0 Å². The van der Waals surface area contributed by atoms with Crippen molar-refractivity contribution in [3.05, 3.63) is 0 Å². The Hall–Kier alpha value is -0.120. The van der Waals surface area contributed by atoms with Gasteiger partial charge < -0.3 is 15.5 Å². The van der Waals surface area contributed by atoms with E-state index in [1.165, 1.54) is 13.1 Å². The van der Waals surface area contributed by atoms with Crippen LogP contribution in [0.5, 0.6) is 0 Å². The number of fused-ring (bicyclic) bond motifs is 1. The van der Waals surface area contributed by atoms with Gasteiger partial charge in [-0.25, -0.2) is 0 Å². The first-order valence-corrected chi connectivity index (χ1v) is 4.01. The van der Waals surface area contributed by atoms with E-state index >= 15 is 0 Å². The van der Waals surface area contributed by atoms with E-state index in [1.807, 2.05) is 0 Å². The highest BCUT2D eigenvalue weighted by Crippen LogP contribution is 2.09. The van der Waals surface area contributed by atoms with E-state index in [4.69, 9.17) is 0 Å². The topological polar surface area (TPSA) is 27.3 Å². The summed E-state index contributed by atoms with van der Waals surface area (Å²) in [5.41, 5.74) is 0. The first kappa shape index (κ1) is 6.58. The Morgan fingerprint density at radius 2 is 1.60 bits per heavy atom. The van der Waals surface area contributed by atoms with Gasteiger partial charge in [-0.15, -0.1) is 0 Å². The molecule has 2 rings (SSSR count). The van der Waals surface area contributed by atoms with Crippen LogP contribution in [-0.4, -0.2) is 50.2 Å². The van der Waals surface area contributed by atoms with Crippen LogP contribution in [-0.2, 0) is 0 Å². The molecule has 0 spiro atoms. The molecule has 0 bridgehead atoms. The maximum Gasteiger partial charge on any atom is 0.0362 e. The number of hydrogen-bond donors (Lipinski definition) is 2. The summed E-state index contributed by atoms with van der Waals surface area (Å²) in [7, 11) is 2.18. The molecule has 10 heavy (non-hydrogen) atoms. The molecular formula is C7H15N3. The number of piperazine rings is 1. The van der Waals surface area contributed by atoms with Crippen molar-refractivity contribution >= 4 is 0 Å². The molecule has 2 heterocycles. The zero-order chi connectivity index (χ0) is 6.97. The van der Waals surface area contributed by atoms with Crippen LogP contribution in [0.4, 0.5) is 0 Å². The van der Waals surface area contributed by atoms with E-state index in [9.17, 15) is 0 Å². The van der Waals surface area contributed by atoms with Crippen molar-refractivity contribution in [2.45, 2.75) is 12.1 Å². The highest BCUT2D eigenvalue weighted by molar-refractivity contribution is 4.95. The van der Waals surface area contributed by atoms with Gasteiger partial charge in [-0.05, 0) is 7.05 Å². The van der Waals surface area contributed by atoms with Crippen LogP contribution in [0.2, 0.25) is 0 Å². The molecule has 2 atom stereocenters. The summed E-state index contributed by atoms with van der Waals surface area (Å²) in [6.07, 6.45) is 0. The molecular weight excluding hydrogens is 126 g/mol. The summed E-state index contributed by atoms with van der Waals surface area (Å²) >= 11 is 0. The summed E-state index contributed by atoms with van der Waals surface area (Å²) in [5, 5.41) is 7.01. The third kappa shape index (κ3) is 1.05. The van der Waals surface area contributed by atoms with Crippen LogP contribution in [0.3, 0.4) is 0 Å². The number of rotatable bonds is 0. The number of nitrogens with one attached hydrogen (secondary N) is 2. The van der Waals surface area contributed by atoms with Crippen molar-refractivity contribution in [3.63, 3.8) is 0 Å². The van der Waals surface area contributed by atoms with E-state index in [1.54, 1.807) is 0 Å². The Morgan fingerprint density at radius 1 is 1.10 bits per heavy atom. The molecule has 2 N–H and O–H groups in total. The molecule has 2 fully saturated rings. The molecule has 0 aliphatic carbocycles. The Balaban J connectivity index is 1.97. The SMILES string of the molecule is CN1CC2NCCNC2C1. The lowest BCUT2D eigenvalue weighted by atomic mass is 10.1. The van der Waals surface area contributed by atoms with Crippen LogP contribution < -0.4 is 10.6 Å². The Kier molecular flexibility index (Phi) is 1.64. The quantitative estimate of drug-likeness (QED) is 0.446. The predicted octanol–water partition coefficient (Wildman–Crippen LogP) is -1.14. The Morgan fingerprint density at radius 3 is 2.10 bits per heavy atom. The number of hydrogen-bond acceptors (Lipinski definition) is 3. The molecule has 2 saturated heterocycles. The highest BCUT2D eigenvalue weighted by atomic mass is 15.2. The first-order chi connectivity index (χ1) is 4.86. The van der Waals surface area contributed by atoms with Crippen LogP contribution in [0.25, 0.3) is 0 Å². The normalized spacial score (nSPS) is 41.7. The maximum absolute atomic E-state index is 3.51. The summed E-state index contributed by atoms with van der Waals surface area (Å²) in [5.74, 6) is 0. The van der Waals surface area contributed by atoms with E-state index < -0.39 is 0 Å². The van der Waals surface area contributed by atoms with Crippen LogP contribution in [0.1, 0.15) is 0 Å². The monoisotopic (exact) mass is 141 g/mol. The lowest BCUT2D eigenvalue weighted by Crippen LogP contribution is -2.55. The van der Waals surface area contributed by atoms with Gasteiger partial charge in [0.2, 0.25) is 0 Å². The minimum Gasteiger partial charge on any atom is -0.310 e. The molecule has 0 aromatic rings. The third-order valence-electron chi connectivity index (χ3n) is 2.44. The van der Waals surface area contributed by atoms with Crippen LogP contribution in [0, 0.1) is 0 Å². The average molecular weight is 141 g/mol. The van der Waals surface area contributed by atoms with Gasteiger partial charge in [0.1, 0.15) is 0 Å². The third-order valence-corrected chi connectivity index (χ3v) is 2.44. The van der Waals surface area contributed by atoms with Gasteiger partial charge in [-0.1, -0.05) is 0 Å². The molecule has 3 nitrogen and oxygen atoms in total. The Bertz CT molecular complexity index is 112. The van der Waals surface area contributed by atoms with Gasteiger partial charge in [0.15, 0.2) is 0 Å². The van der Waals surface area contributed by atoms with Gasteiger partial charge in [-0.2, -0.15) is 0 Å². The largest absolute Gasteiger partial charge is 0.310 e. The Labute approximate surface area is 61.8 Å².